The summed E-state index contributed by atoms with van der Waals surface area (Å²) in [6.07, 6.45) is 3.41. The van der Waals surface area contributed by atoms with Crippen LogP contribution < -0.4 is 5.32 Å². The summed E-state index contributed by atoms with van der Waals surface area (Å²) in [7, 11) is 1.94. The molecular formula is C23H29N7O2. The van der Waals surface area contributed by atoms with Crippen molar-refractivity contribution in [3.8, 4) is 0 Å². The molecule has 0 aromatic carbocycles. The van der Waals surface area contributed by atoms with E-state index < -0.39 is 0 Å². The average molecular weight is 436 g/mol. The van der Waals surface area contributed by atoms with Gasteiger partial charge in [-0.15, -0.1) is 0 Å². The van der Waals surface area contributed by atoms with Crippen molar-refractivity contribution in [3.63, 3.8) is 0 Å². The van der Waals surface area contributed by atoms with Crippen molar-refractivity contribution >= 4 is 11.8 Å². The first-order chi connectivity index (χ1) is 15.4. The topological polar surface area (TPSA) is 97.9 Å². The van der Waals surface area contributed by atoms with Crippen LogP contribution in [0.4, 0.5) is 0 Å². The van der Waals surface area contributed by atoms with Crippen molar-refractivity contribution in [2.24, 2.45) is 7.05 Å². The molecule has 9 nitrogen and oxygen atoms in total. The zero-order chi connectivity index (χ0) is 22.7. The number of aryl methyl sites for hydroxylation is 4. The summed E-state index contributed by atoms with van der Waals surface area (Å²) in [6, 6.07) is 7.28. The number of hydrogen-bond donors (Lipinski definition) is 1. The number of pyridine rings is 1. The Bertz CT molecular complexity index is 1120. The monoisotopic (exact) mass is 435 g/mol. The molecule has 0 unspecified atom stereocenters. The Kier molecular flexibility index (Phi) is 6.34. The van der Waals surface area contributed by atoms with Crippen molar-refractivity contribution in [2.45, 2.75) is 46.2 Å². The molecule has 1 aliphatic heterocycles. The largest absolute Gasteiger partial charge is 0.350 e. The summed E-state index contributed by atoms with van der Waals surface area (Å²) in [5, 5.41) is 12.0. The van der Waals surface area contributed by atoms with Crippen LogP contribution in [-0.4, -0.2) is 54.3 Å². The summed E-state index contributed by atoms with van der Waals surface area (Å²) < 4.78 is 3.80. The fourth-order valence-electron chi connectivity index (χ4n) is 4.23. The predicted molar refractivity (Wildman–Crippen MR) is 119 cm³/mol. The van der Waals surface area contributed by atoms with Gasteiger partial charge in [-0.3, -0.25) is 23.9 Å². The number of rotatable bonds is 7. The van der Waals surface area contributed by atoms with Crippen LogP contribution in [0.15, 0.2) is 30.5 Å². The highest BCUT2D eigenvalue weighted by Gasteiger charge is 2.26. The van der Waals surface area contributed by atoms with Crippen LogP contribution in [0.25, 0.3) is 0 Å². The number of carbonyl (C=O) groups excluding carboxylic acids is 2. The molecule has 0 aliphatic carbocycles. The van der Waals surface area contributed by atoms with E-state index in [4.69, 9.17) is 0 Å². The zero-order valence-corrected chi connectivity index (χ0v) is 18.8. The lowest BCUT2D eigenvalue weighted by Gasteiger charge is -2.28. The second-order valence-corrected chi connectivity index (χ2v) is 8.18. The van der Waals surface area contributed by atoms with E-state index in [1.807, 2.05) is 41.2 Å². The molecule has 4 heterocycles. The summed E-state index contributed by atoms with van der Waals surface area (Å²) >= 11 is 0. The van der Waals surface area contributed by atoms with Gasteiger partial charge in [0.1, 0.15) is 5.69 Å². The minimum absolute atomic E-state index is 0.126. The molecule has 3 aromatic heterocycles. The molecule has 9 heteroatoms. The molecule has 0 atom stereocenters. The molecule has 0 spiro atoms. The molecule has 32 heavy (non-hydrogen) atoms. The Balaban J connectivity index is 1.35. The van der Waals surface area contributed by atoms with Crippen molar-refractivity contribution in [2.75, 3.05) is 13.1 Å². The van der Waals surface area contributed by atoms with Gasteiger partial charge in [0.25, 0.3) is 5.91 Å². The number of fused-ring (bicyclic) bond motifs is 1. The molecule has 168 valence electrons. The minimum atomic E-state index is -0.198. The minimum Gasteiger partial charge on any atom is -0.350 e. The van der Waals surface area contributed by atoms with E-state index in [9.17, 15) is 9.59 Å². The lowest BCUT2D eigenvalue weighted by Crippen LogP contribution is -2.37. The Morgan fingerprint density at radius 1 is 1.19 bits per heavy atom. The molecule has 0 saturated heterocycles. The van der Waals surface area contributed by atoms with Crippen LogP contribution in [0.1, 0.15) is 45.2 Å². The van der Waals surface area contributed by atoms with E-state index in [-0.39, 0.29) is 11.8 Å². The Labute approximate surface area is 187 Å². The van der Waals surface area contributed by atoms with Gasteiger partial charge in [0, 0.05) is 75.6 Å². The van der Waals surface area contributed by atoms with Crippen LogP contribution in [0.5, 0.6) is 0 Å². The van der Waals surface area contributed by atoms with Crippen LogP contribution in [0.2, 0.25) is 0 Å². The van der Waals surface area contributed by atoms with Gasteiger partial charge in [-0.05, 0) is 32.0 Å². The first kappa shape index (κ1) is 21.7. The van der Waals surface area contributed by atoms with Gasteiger partial charge < -0.3 is 10.2 Å². The highest BCUT2D eigenvalue weighted by Crippen LogP contribution is 2.23. The van der Waals surface area contributed by atoms with Crippen LogP contribution in [0.3, 0.4) is 0 Å². The maximum absolute atomic E-state index is 12.9. The Morgan fingerprint density at radius 3 is 2.75 bits per heavy atom. The number of aromatic nitrogens is 5. The van der Waals surface area contributed by atoms with Crippen molar-refractivity contribution in [1.82, 2.24) is 34.8 Å². The highest BCUT2D eigenvalue weighted by atomic mass is 16.2. The number of nitrogens with zero attached hydrogens (tertiary/aromatic N) is 6. The van der Waals surface area contributed by atoms with Gasteiger partial charge in [0.15, 0.2) is 0 Å². The van der Waals surface area contributed by atoms with Gasteiger partial charge in [0.2, 0.25) is 5.91 Å². The molecule has 0 saturated carbocycles. The van der Waals surface area contributed by atoms with E-state index >= 15 is 0 Å². The molecule has 0 radical (unpaired) electrons. The van der Waals surface area contributed by atoms with Gasteiger partial charge in [-0.2, -0.15) is 10.2 Å². The second-order valence-electron chi connectivity index (χ2n) is 8.18. The molecule has 3 aromatic rings. The summed E-state index contributed by atoms with van der Waals surface area (Å²) in [6.45, 7) is 6.26. The smallest absolute Gasteiger partial charge is 0.269 e. The van der Waals surface area contributed by atoms with Crippen LogP contribution in [0, 0.1) is 13.8 Å². The van der Waals surface area contributed by atoms with Gasteiger partial charge in [-0.1, -0.05) is 6.07 Å². The molecular weight excluding hydrogens is 406 g/mol. The van der Waals surface area contributed by atoms with E-state index in [1.165, 1.54) is 5.69 Å². The van der Waals surface area contributed by atoms with E-state index in [1.54, 1.807) is 24.4 Å². The van der Waals surface area contributed by atoms with E-state index in [0.29, 0.717) is 44.7 Å². The van der Waals surface area contributed by atoms with Gasteiger partial charge >= 0.3 is 0 Å². The first-order valence-electron chi connectivity index (χ1n) is 10.9. The standard InChI is InChI=1S/C23H29N7O2/c1-16-14-17(2)30(26-16)13-9-22(31)29-12-8-21-18(15-29)19(27-28(21)3)7-11-25-23(32)20-6-4-5-10-24-20/h4-6,10,14H,7-9,11-13,15H2,1-3H3,(H,25,32). The highest BCUT2D eigenvalue weighted by molar-refractivity contribution is 5.92. The zero-order valence-electron chi connectivity index (χ0n) is 18.8. The van der Waals surface area contributed by atoms with E-state index in [2.05, 4.69) is 20.5 Å². The number of amides is 2. The van der Waals surface area contributed by atoms with Crippen LogP contribution >= 0.6 is 0 Å². The quantitative estimate of drug-likeness (QED) is 0.608. The van der Waals surface area contributed by atoms with E-state index in [0.717, 1.165) is 29.1 Å². The molecule has 2 amide bonds. The lowest BCUT2D eigenvalue weighted by molar-refractivity contribution is -0.132. The maximum atomic E-state index is 12.9. The predicted octanol–water partition coefficient (Wildman–Crippen LogP) is 1.58. The third-order valence-corrected chi connectivity index (χ3v) is 5.86. The Hall–Kier alpha value is -3.49. The maximum Gasteiger partial charge on any atom is 0.269 e. The fraction of sp³-hybridized carbons (Fsp3) is 0.435. The third kappa shape index (κ3) is 4.71. The summed E-state index contributed by atoms with van der Waals surface area (Å²) in [5.41, 5.74) is 5.63. The average Bonchev–Trinajstić information content (AvgIpc) is 3.29. The molecule has 0 fully saturated rings. The molecule has 4 rings (SSSR count). The number of hydrogen-bond acceptors (Lipinski definition) is 5. The lowest BCUT2D eigenvalue weighted by atomic mass is 10.0. The molecule has 1 N–H and O–H groups in total. The SMILES string of the molecule is Cc1cc(C)n(CCC(=O)N2CCc3c(c(CCNC(=O)c4ccccn4)nn3C)C2)n1. The first-order valence-corrected chi connectivity index (χ1v) is 10.9. The van der Waals surface area contributed by atoms with Gasteiger partial charge in [0.05, 0.1) is 11.4 Å². The van der Waals surface area contributed by atoms with Crippen molar-refractivity contribution < 1.29 is 9.59 Å². The number of nitrogens with one attached hydrogen (secondary N) is 1. The third-order valence-electron chi connectivity index (χ3n) is 5.86. The summed E-state index contributed by atoms with van der Waals surface area (Å²) in [5.74, 6) is -0.0715. The number of carbonyl (C=O) groups is 2. The van der Waals surface area contributed by atoms with Crippen LogP contribution in [-0.2, 0) is 37.8 Å². The molecule has 0 bridgehead atoms. The fourth-order valence-corrected chi connectivity index (χ4v) is 4.23. The van der Waals surface area contributed by atoms with Gasteiger partial charge in [-0.25, -0.2) is 0 Å². The van der Waals surface area contributed by atoms with Crippen molar-refractivity contribution in [3.05, 3.63) is 64.5 Å². The summed E-state index contributed by atoms with van der Waals surface area (Å²) in [4.78, 5) is 31.1. The van der Waals surface area contributed by atoms with Crippen molar-refractivity contribution in [1.29, 1.82) is 0 Å². The molecule has 1 aliphatic rings. The Morgan fingerprint density at radius 2 is 2.03 bits per heavy atom. The normalized spacial score (nSPS) is 13.2. The second kappa shape index (κ2) is 9.33.